The Morgan fingerprint density at radius 1 is 1.27 bits per heavy atom. The van der Waals surface area contributed by atoms with Crippen molar-refractivity contribution in [3.05, 3.63) is 60.0 Å². The normalized spacial score (nSPS) is 21.2. The lowest BCUT2D eigenvalue weighted by molar-refractivity contribution is -0.0373. The second-order valence-corrected chi connectivity index (χ2v) is 7.08. The molecule has 0 spiro atoms. The molecule has 1 N–H and O–H groups in total. The van der Waals surface area contributed by atoms with Gasteiger partial charge in [0.15, 0.2) is 5.82 Å². The highest BCUT2D eigenvalue weighted by molar-refractivity contribution is 5.30. The summed E-state index contributed by atoms with van der Waals surface area (Å²) in [6.45, 7) is 4.10. The largest absolute Gasteiger partial charge is 0.388 e. The number of nitrogens with zero attached hydrogens (tertiary/aromatic N) is 5. The van der Waals surface area contributed by atoms with Crippen molar-refractivity contribution in [2.45, 2.75) is 38.3 Å². The lowest BCUT2D eigenvalue weighted by atomic mass is 9.89. The van der Waals surface area contributed by atoms with Gasteiger partial charge >= 0.3 is 0 Å². The predicted molar refractivity (Wildman–Crippen MR) is 95.8 cm³/mol. The van der Waals surface area contributed by atoms with Crippen LogP contribution in [0.4, 0.5) is 0 Å². The third-order valence-electron chi connectivity index (χ3n) is 4.75. The maximum atomic E-state index is 11.0. The molecule has 0 saturated carbocycles. The van der Waals surface area contributed by atoms with E-state index in [2.05, 4.69) is 20.1 Å². The molecule has 3 heterocycles. The van der Waals surface area contributed by atoms with Crippen LogP contribution in [0, 0.1) is 6.92 Å². The molecule has 3 aromatic rings. The Balaban J connectivity index is 1.41. The predicted octanol–water partition coefficient (Wildman–Crippen LogP) is 2.13. The Bertz CT molecular complexity index is 860. The minimum absolute atomic E-state index is 0.396. The van der Waals surface area contributed by atoms with E-state index in [4.69, 9.17) is 4.52 Å². The molecule has 1 fully saturated rings. The van der Waals surface area contributed by atoms with Crippen LogP contribution >= 0.6 is 0 Å². The van der Waals surface area contributed by atoms with Gasteiger partial charge in [-0.25, -0.2) is 4.68 Å². The van der Waals surface area contributed by atoms with Crippen molar-refractivity contribution in [1.82, 2.24) is 24.8 Å². The first-order valence-corrected chi connectivity index (χ1v) is 8.93. The van der Waals surface area contributed by atoms with E-state index < -0.39 is 5.60 Å². The van der Waals surface area contributed by atoms with Gasteiger partial charge < -0.3 is 9.63 Å². The van der Waals surface area contributed by atoms with E-state index in [1.54, 1.807) is 6.92 Å². The zero-order valence-electron chi connectivity index (χ0n) is 14.9. The van der Waals surface area contributed by atoms with Crippen LogP contribution in [-0.4, -0.2) is 48.6 Å². The Labute approximate surface area is 152 Å². The SMILES string of the molecule is Cc1noc(CC2(O)CCCN(Cc3cnn(-c4ccccc4)c3)C2)n1. The Kier molecular flexibility index (Phi) is 4.57. The number of benzene rings is 1. The first kappa shape index (κ1) is 16.9. The van der Waals surface area contributed by atoms with Gasteiger partial charge in [0.2, 0.25) is 5.89 Å². The highest BCUT2D eigenvalue weighted by Crippen LogP contribution is 2.26. The fourth-order valence-electron chi connectivity index (χ4n) is 3.60. The number of β-amino-alcohol motifs (C(OH)–C–C–N with tert-alkyl or cyclic N) is 1. The Morgan fingerprint density at radius 3 is 2.88 bits per heavy atom. The van der Waals surface area contributed by atoms with Crippen molar-refractivity contribution >= 4 is 0 Å². The number of piperidine rings is 1. The second-order valence-electron chi connectivity index (χ2n) is 7.08. The number of rotatable bonds is 5. The van der Waals surface area contributed by atoms with Gasteiger partial charge in [-0.2, -0.15) is 10.1 Å². The van der Waals surface area contributed by atoms with E-state index in [9.17, 15) is 5.11 Å². The molecule has 0 bridgehead atoms. The fraction of sp³-hybridized carbons (Fsp3) is 0.421. The van der Waals surface area contributed by atoms with Crippen molar-refractivity contribution in [2.75, 3.05) is 13.1 Å². The summed E-state index contributed by atoms with van der Waals surface area (Å²) in [5.74, 6) is 1.10. The maximum absolute atomic E-state index is 11.0. The minimum Gasteiger partial charge on any atom is -0.388 e. The number of aliphatic hydroxyl groups is 1. The van der Waals surface area contributed by atoms with Gasteiger partial charge in [0.1, 0.15) is 0 Å². The molecule has 1 aliphatic rings. The van der Waals surface area contributed by atoms with Crippen molar-refractivity contribution in [3.63, 3.8) is 0 Å². The summed E-state index contributed by atoms with van der Waals surface area (Å²) in [6.07, 6.45) is 6.02. The van der Waals surface area contributed by atoms with Gasteiger partial charge in [-0.15, -0.1) is 0 Å². The van der Waals surface area contributed by atoms with Crippen molar-refractivity contribution in [1.29, 1.82) is 0 Å². The van der Waals surface area contributed by atoms with E-state index in [0.717, 1.165) is 37.2 Å². The Hall–Kier alpha value is -2.51. The summed E-state index contributed by atoms with van der Waals surface area (Å²) >= 11 is 0. The lowest BCUT2D eigenvalue weighted by Crippen LogP contribution is -2.49. The van der Waals surface area contributed by atoms with E-state index in [1.165, 1.54) is 0 Å². The molecular weight excluding hydrogens is 330 g/mol. The Morgan fingerprint density at radius 2 is 2.12 bits per heavy atom. The van der Waals surface area contributed by atoms with Gasteiger partial charge in [0, 0.05) is 24.8 Å². The second kappa shape index (κ2) is 7.01. The summed E-state index contributed by atoms with van der Waals surface area (Å²) in [7, 11) is 0. The van der Waals surface area contributed by atoms with E-state index >= 15 is 0 Å². The van der Waals surface area contributed by atoms with Gasteiger partial charge in [-0.3, -0.25) is 4.90 Å². The number of aromatic nitrogens is 4. The molecule has 136 valence electrons. The molecule has 1 aromatic carbocycles. The molecule has 0 amide bonds. The molecule has 2 aromatic heterocycles. The van der Waals surface area contributed by atoms with E-state index in [1.807, 2.05) is 47.4 Å². The third kappa shape index (κ3) is 3.84. The molecule has 7 heteroatoms. The minimum atomic E-state index is -0.827. The van der Waals surface area contributed by atoms with E-state index in [0.29, 0.717) is 24.7 Å². The van der Waals surface area contributed by atoms with Crippen molar-refractivity contribution in [2.24, 2.45) is 0 Å². The van der Waals surface area contributed by atoms with Crippen LogP contribution in [0.15, 0.2) is 47.2 Å². The monoisotopic (exact) mass is 353 g/mol. The first-order chi connectivity index (χ1) is 12.6. The molecule has 1 saturated heterocycles. The molecule has 7 nitrogen and oxygen atoms in total. The molecule has 4 rings (SSSR count). The maximum Gasteiger partial charge on any atom is 0.229 e. The highest BCUT2D eigenvalue weighted by atomic mass is 16.5. The average molecular weight is 353 g/mol. The third-order valence-corrected chi connectivity index (χ3v) is 4.75. The zero-order valence-corrected chi connectivity index (χ0v) is 14.9. The number of aryl methyl sites for hydroxylation is 1. The standard InChI is InChI=1S/C19H23N5O2/c1-15-21-18(26-22-15)10-19(25)8-5-9-23(14-19)12-16-11-20-24(13-16)17-6-3-2-4-7-17/h2-4,6-7,11,13,25H,5,8-10,12,14H2,1H3. The van der Waals surface area contributed by atoms with Crippen LogP contribution in [0.1, 0.15) is 30.1 Å². The molecule has 1 unspecified atom stereocenters. The van der Waals surface area contributed by atoms with Crippen LogP contribution in [0.5, 0.6) is 0 Å². The fourth-order valence-corrected chi connectivity index (χ4v) is 3.60. The van der Waals surface area contributed by atoms with Crippen LogP contribution in [0.2, 0.25) is 0 Å². The number of hydrogen-bond acceptors (Lipinski definition) is 6. The molecule has 0 radical (unpaired) electrons. The first-order valence-electron chi connectivity index (χ1n) is 8.93. The van der Waals surface area contributed by atoms with Gasteiger partial charge in [0.05, 0.1) is 23.9 Å². The zero-order chi connectivity index (χ0) is 18.0. The summed E-state index contributed by atoms with van der Waals surface area (Å²) in [5.41, 5.74) is 1.35. The quantitative estimate of drug-likeness (QED) is 0.757. The van der Waals surface area contributed by atoms with Crippen LogP contribution in [-0.2, 0) is 13.0 Å². The van der Waals surface area contributed by atoms with Crippen LogP contribution < -0.4 is 0 Å². The highest BCUT2D eigenvalue weighted by Gasteiger charge is 2.35. The van der Waals surface area contributed by atoms with E-state index in [-0.39, 0.29) is 0 Å². The van der Waals surface area contributed by atoms with Crippen LogP contribution in [0.3, 0.4) is 0 Å². The van der Waals surface area contributed by atoms with Crippen molar-refractivity contribution in [3.8, 4) is 5.69 Å². The topological polar surface area (TPSA) is 80.2 Å². The molecular formula is C19H23N5O2. The summed E-state index contributed by atoms with van der Waals surface area (Å²) < 4.78 is 7.07. The molecule has 1 aliphatic heterocycles. The van der Waals surface area contributed by atoms with Crippen molar-refractivity contribution < 1.29 is 9.63 Å². The smallest absolute Gasteiger partial charge is 0.229 e. The summed E-state index contributed by atoms with van der Waals surface area (Å²) in [6, 6.07) is 10.1. The summed E-state index contributed by atoms with van der Waals surface area (Å²) in [5, 5.41) is 19.2. The van der Waals surface area contributed by atoms with Crippen LogP contribution in [0.25, 0.3) is 5.69 Å². The van der Waals surface area contributed by atoms with Gasteiger partial charge in [-0.1, -0.05) is 23.4 Å². The number of para-hydroxylation sites is 1. The summed E-state index contributed by atoms with van der Waals surface area (Å²) in [4.78, 5) is 6.49. The lowest BCUT2D eigenvalue weighted by Gasteiger charge is -2.38. The van der Waals surface area contributed by atoms with Gasteiger partial charge in [0.25, 0.3) is 0 Å². The molecule has 1 atom stereocenters. The number of hydrogen-bond donors (Lipinski definition) is 1. The molecule has 26 heavy (non-hydrogen) atoms. The average Bonchev–Trinajstić information content (AvgIpc) is 3.24. The molecule has 0 aliphatic carbocycles. The van der Waals surface area contributed by atoms with Gasteiger partial charge in [-0.05, 0) is 38.4 Å². The number of likely N-dealkylation sites (tertiary alicyclic amines) is 1.